The molecule has 0 radical (unpaired) electrons. The van der Waals surface area contributed by atoms with Crippen molar-refractivity contribution >= 4 is 11.3 Å². The van der Waals surface area contributed by atoms with E-state index in [2.05, 4.69) is 14.9 Å². The third kappa shape index (κ3) is 3.45. The van der Waals surface area contributed by atoms with E-state index >= 15 is 0 Å². The molecule has 6 heteroatoms. The Bertz CT molecular complexity index is 637. The van der Waals surface area contributed by atoms with E-state index in [-0.39, 0.29) is 5.41 Å². The molecule has 2 unspecified atom stereocenters. The Morgan fingerprint density at radius 1 is 1.42 bits per heavy atom. The van der Waals surface area contributed by atoms with Crippen molar-refractivity contribution in [2.75, 3.05) is 26.3 Å². The third-order valence-electron chi connectivity index (χ3n) is 5.07. The first-order valence-corrected chi connectivity index (χ1v) is 9.47. The summed E-state index contributed by atoms with van der Waals surface area (Å²) in [6.07, 6.45) is 9.08. The van der Waals surface area contributed by atoms with Gasteiger partial charge in [-0.2, -0.15) is 0 Å². The molecule has 0 aromatic carbocycles. The standard InChI is InChI=1S/C18H23N3O2S/c1-3-15(11-19-6-1)23-14-18-5-2-9-22-16(18)4-8-21(13-18)12-17-20-7-10-24-17/h1,3,6-7,10-11,16H,2,4-5,8-9,12-14H2. The maximum Gasteiger partial charge on any atom is 0.137 e. The number of likely N-dealkylation sites (tertiary alicyclic amines) is 1. The van der Waals surface area contributed by atoms with Gasteiger partial charge >= 0.3 is 0 Å². The number of fused-ring (bicyclic) bond motifs is 1. The topological polar surface area (TPSA) is 47.5 Å². The molecule has 2 aliphatic heterocycles. The lowest BCUT2D eigenvalue weighted by atomic mass is 9.73. The van der Waals surface area contributed by atoms with Gasteiger partial charge in [-0.1, -0.05) is 0 Å². The summed E-state index contributed by atoms with van der Waals surface area (Å²) < 4.78 is 12.2. The minimum Gasteiger partial charge on any atom is -0.491 e. The molecule has 0 amide bonds. The van der Waals surface area contributed by atoms with Crippen LogP contribution in [-0.2, 0) is 11.3 Å². The van der Waals surface area contributed by atoms with Crippen LogP contribution in [0.5, 0.6) is 5.75 Å². The van der Waals surface area contributed by atoms with E-state index in [9.17, 15) is 0 Å². The fraction of sp³-hybridized carbons (Fsp3) is 0.556. The minimum absolute atomic E-state index is 0.0730. The number of nitrogens with zero attached hydrogens (tertiary/aromatic N) is 3. The van der Waals surface area contributed by atoms with E-state index in [0.717, 1.165) is 51.3 Å². The molecule has 4 heterocycles. The second-order valence-electron chi connectivity index (χ2n) is 6.73. The van der Waals surface area contributed by atoms with Gasteiger partial charge in [0.25, 0.3) is 0 Å². The molecule has 4 rings (SSSR count). The van der Waals surface area contributed by atoms with Gasteiger partial charge in [0.05, 0.1) is 25.5 Å². The van der Waals surface area contributed by atoms with Crippen LogP contribution in [0.4, 0.5) is 0 Å². The minimum atomic E-state index is 0.0730. The van der Waals surface area contributed by atoms with Crippen molar-refractivity contribution in [2.45, 2.75) is 31.9 Å². The molecule has 0 aliphatic carbocycles. The second kappa shape index (κ2) is 7.17. The Kier molecular flexibility index (Phi) is 4.78. The number of hydrogen-bond acceptors (Lipinski definition) is 6. The summed E-state index contributed by atoms with van der Waals surface area (Å²) in [7, 11) is 0. The SMILES string of the molecule is c1cncc(OCC23CCCOC2CCN(Cc2nccs2)C3)c1. The lowest BCUT2D eigenvalue weighted by molar-refractivity contribution is -0.140. The van der Waals surface area contributed by atoms with Crippen LogP contribution < -0.4 is 4.74 Å². The van der Waals surface area contributed by atoms with Crippen LogP contribution in [0, 0.1) is 5.41 Å². The highest BCUT2D eigenvalue weighted by atomic mass is 32.1. The smallest absolute Gasteiger partial charge is 0.137 e. The molecule has 2 aromatic heterocycles. The van der Waals surface area contributed by atoms with Crippen LogP contribution in [0.25, 0.3) is 0 Å². The van der Waals surface area contributed by atoms with Gasteiger partial charge in [-0.25, -0.2) is 4.98 Å². The number of piperidine rings is 1. The molecule has 128 valence electrons. The number of ether oxygens (including phenoxy) is 2. The Morgan fingerprint density at radius 3 is 3.25 bits per heavy atom. The summed E-state index contributed by atoms with van der Waals surface area (Å²) in [5.74, 6) is 0.841. The molecule has 5 nitrogen and oxygen atoms in total. The summed E-state index contributed by atoms with van der Waals surface area (Å²) in [6.45, 7) is 4.58. The lowest BCUT2D eigenvalue weighted by Crippen LogP contribution is -2.57. The number of aromatic nitrogens is 2. The second-order valence-corrected chi connectivity index (χ2v) is 7.71. The van der Waals surface area contributed by atoms with Crippen LogP contribution in [-0.4, -0.2) is 47.3 Å². The molecule has 2 saturated heterocycles. The molecule has 0 bridgehead atoms. The van der Waals surface area contributed by atoms with Gasteiger partial charge in [-0.05, 0) is 31.4 Å². The predicted molar refractivity (Wildman–Crippen MR) is 93.1 cm³/mol. The summed E-state index contributed by atoms with van der Waals surface area (Å²) >= 11 is 1.73. The first-order valence-electron chi connectivity index (χ1n) is 8.59. The molecular weight excluding hydrogens is 322 g/mol. The molecule has 2 atom stereocenters. The molecule has 0 spiro atoms. The predicted octanol–water partition coefficient (Wildman–Crippen LogP) is 2.99. The van der Waals surface area contributed by atoms with Crippen LogP contribution in [0.2, 0.25) is 0 Å². The fourth-order valence-corrected chi connectivity index (χ4v) is 4.57. The quantitative estimate of drug-likeness (QED) is 0.834. The molecule has 24 heavy (non-hydrogen) atoms. The zero-order valence-electron chi connectivity index (χ0n) is 13.8. The van der Waals surface area contributed by atoms with Crippen molar-refractivity contribution in [3.63, 3.8) is 0 Å². The van der Waals surface area contributed by atoms with E-state index in [1.165, 1.54) is 5.01 Å². The summed E-state index contributed by atoms with van der Waals surface area (Å²) in [6, 6.07) is 3.88. The zero-order valence-corrected chi connectivity index (χ0v) is 14.6. The van der Waals surface area contributed by atoms with Crippen molar-refractivity contribution < 1.29 is 9.47 Å². The maximum absolute atomic E-state index is 6.12. The van der Waals surface area contributed by atoms with Gasteiger partial charge in [-0.3, -0.25) is 9.88 Å². The average molecular weight is 345 g/mol. The molecular formula is C18H23N3O2S. The monoisotopic (exact) mass is 345 g/mol. The highest BCUT2D eigenvalue weighted by molar-refractivity contribution is 7.09. The summed E-state index contributed by atoms with van der Waals surface area (Å²) in [5, 5.41) is 3.24. The Hall–Kier alpha value is -1.50. The Balaban J connectivity index is 1.47. The molecule has 2 fully saturated rings. The Labute approximate surface area is 146 Å². The van der Waals surface area contributed by atoms with Crippen LogP contribution in [0.3, 0.4) is 0 Å². The van der Waals surface area contributed by atoms with Crippen molar-refractivity contribution in [3.05, 3.63) is 41.1 Å². The first-order chi connectivity index (χ1) is 11.8. The van der Waals surface area contributed by atoms with Gasteiger partial charge in [0, 0.05) is 42.9 Å². The van der Waals surface area contributed by atoms with Gasteiger partial charge in [0.2, 0.25) is 0 Å². The first kappa shape index (κ1) is 16.0. The molecule has 2 aliphatic rings. The highest BCUT2D eigenvalue weighted by Gasteiger charge is 2.46. The molecule has 0 saturated carbocycles. The van der Waals surface area contributed by atoms with Crippen LogP contribution in [0.1, 0.15) is 24.3 Å². The van der Waals surface area contributed by atoms with E-state index < -0.39 is 0 Å². The maximum atomic E-state index is 6.12. The zero-order chi connectivity index (χ0) is 16.2. The van der Waals surface area contributed by atoms with Gasteiger partial charge in [-0.15, -0.1) is 11.3 Å². The number of pyridine rings is 1. The molecule has 0 N–H and O–H groups in total. The number of thiazole rings is 1. The van der Waals surface area contributed by atoms with Crippen molar-refractivity contribution in [3.8, 4) is 5.75 Å². The van der Waals surface area contributed by atoms with Gasteiger partial charge in [0.15, 0.2) is 0 Å². The van der Waals surface area contributed by atoms with E-state index in [4.69, 9.17) is 9.47 Å². The lowest BCUT2D eigenvalue weighted by Gasteiger charge is -2.50. The van der Waals surface area contributed by atoms with E-state index in [1.54, 1.807) is 23.7 Å². The van der Waals surface area contributed by atoms with E-state index in [1.807, 2.05) is 23.7 Å². The van der Waals surface area contributed by atoms with Gasteiger partial charge < -0.3 is 9.47 Å². The number of hydrogen-bond donors (Lipinski definition) is 0. The van der Waals surface area contributed by atoms with Crippen molar-refractivity contribution in [1.29, 1.82) is 0 Å². The van der Waals surface area contributed by atoms with Gasteiger partial charge in [0.1, 0.15) is 10.8 Å². The average Bonchev–Trinajstić information content (AvgIpc) is 3.14. The highest BCUT2D eigenvalue weighted by Crippen LogP contribution is 2.41. The summed E-state index contributed by atoms with van der Waals surface area (Å²) in [5.41, 5.74) is 0.0730. The largest absolute Gasteiger partial charge is 0.491 e. The number of rotatable bonds is 5. The van der Waals surface area contributed by atoms with E-state index in [0.29, 0.717) is 12.7 Å². The van der Waals surface area contributed by atoms with Crippen molar-refractivity contribution in [2.24, 2.45) is 5.41 Å². The third-order valence-corrected chi connectivity index (χ3v) is 5.83. The van der Waals surface area contributed by atoms with Crippen molar-refractivity contribution in [1.82, 2.24) is 14.9 Å². The molecule has 2 aromatic rings. The van der Waals surface area contributed by atoms with Crippen LogP contribution in [0.15, 0.2) is 36.1 Å². The Morgan fingerprint density at radius 2 is 2.42 bits per heavy atom. The summed E-state index contributed by atoms with van der Waals surface area (Å²) in [4.78, 5) is 11.1. The fourth-order valence-electron chi connectivity index (χ4n) is 3.91. The normalized spacial score (nSPS) is 27.6. The van der Waals surface area contributed by atoms with Crippen LogP contribution >= 0.6 is 11.3 Å².